The lowest BCUT2D eigenvalue weighted by Gasteiger charge is -2.11. The zero-order valence-electron chi connectivity index (χ0n) is 10.5. The van der Waals surface area contributed by atoms with Crippen LogP contribution in [-0.4, -0.2) is 4.57 Å². The second-order valence-electron chi connectivity index (χ2n) is 4.63. The van der Waals surface area contributed by atoms with Crippen LogP contribution in [0.4, 0.5) is 0 Å². The molecule has 3 rings (SSSR count). The molecule has 96 valence electrons. The molecule has 0 radical (unpaired) electrons. The van der Waals surface area contributed by atoms with Gasteiger partial charge in [0.2, 0.25) is 0 Å². The highest BCUT2D eigenvalue weighted by Crippen LogP contribution is 2.28. The van der Waals surface area contributed by atoms with Crippen molar-refractivity contribution >= 4 is 34.1 Å². The van der Waals surface area contributed by atoms with Gasteiger partial charge in [-0.3, -0.25) is 0 Å². The Morgan fingerprint density at radius 1 is 0.947 bits per heavy atom. The summed E-state index contributed by atoms with van der Waals surface area (Å²) < 4.78 is 2.24. The van der Waals surface area contributed by atoms with Crippen LogP contribution in [-0.2, 0) is 6.54 Å². The lowest BCUT2D eigenvalue weighted by atomic mass is 10.2. The average Bonchev–Trinajstić information content (AvgIpc) is 2.70. The van der Waals surface area contributed by atoms with Crippen LogP contribution in [0.3, 0.4) is 0 Å². The van der Waals surface area contributed by atoms with Gasteiger partial charge >= 0.3 is 0 Å². The second-order valence-corrected chi connectivity index (χ2v) is 5.45. The van der Waals surface area contributed by atoms with E-state index in [-0.39, 0.29) is 0 Å². The molecule has 1 heterocycles. The quantitative estimate of drug-likeness (QED) is 0.603. The first-order chi connectivity index (χ1) is 9.16. The molecule has 0 unspecified atom stereocenters. The Morgan fingerprint density at radius 3 is 2.37 bits per heavy atom. The Morgan fingerprint density at radius 2 is 1.63 bits per heavy atom. The zero-order valence-corrected chi connectivity index (χ0v) is 12.0. The fourth-order valence-electron chi connectivity index (χ4n) is 2.40. The zero-order chi connectivity index (χ0) is 13.4. The average molecular weight is 290 g/mol. The molecule has 0 N–H and O–H groups in total. The lowest BCUT2D eigenvalue weighted by molar-refractivity contribution is 0.805. The Kier molecular flexibility index (Phi) is 3.26. The van der Waals surface area contributed by atoms with Gasteiger partial charge in [-0.1, -0.05) is 47.5 Å². The van der Waals surface area contributed by atoms with Crippen LogP contribution in [0.5, 0.6) is 0 Å². The van der Waals surface area contributed by atoms with Crippen molar-refractivity contribution < 1.29 is 0 Å². The fourth-order valence-corrected chi connectivity index (χ4v) is 2.92. The van der Waals surface area contributed by atoms with E-state index in [0.29, 0.717) is 16.6 Å². The number of nitrogens with zero attached hydrogens (tertiary/aromatic N) is 1. The van der Waals surface area contributed by atoms with Gasteiger partial charge in [-0.05, 0) is 36.6 Å². The Labute approximate surface area is 122 Å². The molecule has 0 fully saturated rings. The maximum atomic E-state index is 6.25. The van der Waals surface area contributed by atoms with Crippen molar-refractivity contribution in [2.24, 2.45) is 0 Å². The molecule has 1 aromatic heterocycles. The summed E-state index contributed by atoms with van der Waals surface area (Å²) in [6.45, 7) is 2.79. The molecule has 3 aromatic rings. The first-order valence-electron chi connectivity index (χ1n) is 6.14. The lowest BCUT2D eigenvalue weighted by Crippen LogP contribution is -2.02. The first kappa shape index (κ1) is 12.6. The smallest absolute Gasteiger partial charge is 0.0508 e. The van der Waals surface area contributed by atoms with Gasteiger partial charge in [-0.25, -0.2) is 0 Å². The molecule has 0 atom stereocenters. The van der Waals surface area contributed by atoms with Crippen molar-refractivity contribution in [1.29, 1.82) is 0 Å². The largest absolute Gasteiger partial charge is 0.340 e. The maximum Gasteiger partial charge on any atom is 0.0508 e. The van der Waals surface area contributed by atoms with Crippen LogP contribution in [0.1, 0.15) is 11.3 Å². The van der Waals surface area contributed by atoms with E-state index in [1.165, 1.54) is 16.6 Å². The molecule has 3 heteroatoms. The van der Waals surface area contributed by atoms with Gasteiger partial charge in [-0.2, -0.15) is 0 Å². The summed E-state index contributed by atoms with van der Waals surface area (Å²) in [7, 11) is 0. The van der Waals surface area contributed by atoms with E-state index in [0.717, 1.165) is 5.56 Å². The van der Waals surface area contributed by atoms with Crippen LogP contribution >= 0.6 is 23.2 Å². The second kappa shape index (κ2) is 4.92. The summed E-state index contributed by atoms with van der Waals surface area (Å²) in [6.07, 6.45) is 0. The third-order valence-electron chi connectivity index (χ3n) is 3.40. The summed E-state index contributed by atoms with van der Waals surface area (Å²) in [5, 5.41) is 2.66. The van der Waals surface area contributed by atoms with Crippen LogP contribution in [0.15, 0.2) is 48.5 Å². The van der Waals surface area contributed by atoms with Crippen LogP contribution in [0, 0.1) is 6.92 Å². The predicted octanol–water partition coefficient (Wildman–Crippen LogP) is 5.30. The minimum atomic E-state index is 0.692. The maximum absolute atomic E-state index is 6.25. The minimum absolute atomic E-state index is 0.692. The van der Waals surface area contributed by atoms with E-state index in [1.54, 1.807) is 0 Å². The predicted molar refractivity (Wildman–Crippen MR) is 82.2 cm³/mol. The highest BCUT2D eigenvalue weighted by atomic mass is 35.5. The molecule has 0 bridgehead atoms. The molecular weight excluding hydrogens is 277 g/mol. The van der Waals surface area contributed by atoms with E-state index in [1.807, 2.05) is 24.3 Å². The molecule has 2 aromatic carbocycles. The van der Waals surface area contributed by atoms with Crippen molar-refractivity contribution in [3.8, 4) is 0 Å². The normalized spacial score (nSPS) is 11.1. The van der Waals surface area contributed by atoms with Crippen molar-refractivity contribution in [3.05, 3.63) is 69.8 Å². The third kappa shape index (κ3) is 2.24. The minimum Gasteiger partial charge on any atom is -0.340 e. The van der Waals surface area contributed by atoms with Crippen LogP contribution in [0.2, 0.25) is 10.0 Å². The molecule has 0 amide bonds. The van der Waals surface area contributed by atoms with Gasteiger partial charge < -0.3 is 4.57 Å². The highest BCUT2D eigenvalue weighted by Gasteiger charge is 2.10. The van der Waals surface area contributed by atoms with Gasteiger partial charge in [-0.15, -0.1) is 0 Å². The molecule has 1 nitrogen and oxygen atoms in total. The number of aromatic nitrogens is 1. The summed E-state index contributed by atoms with van der Waals surface area (Å²) in [5.74, 6) is 0. The molecule has 0 aliphatic rings. The van der Waals surface area contributed by atoms with E-state index < -0.39 is 0 Å². The van der Waals surface area contributed by atoms with Crippen LogP contribution < -0.4 is 0 Å². The highest BCUT2D eigenvalue weighted by molar-refractivity contribution is 6.36. The molecule has 0 aliphatic heterocycles. The van der Waals surface area contributed by atoms with E-state index >= 15 is 0 Å². The molecule has 0 saturated carbocycles. The first-order valence-corrected chi connectivity index (χ1v) is 6.90. The fraction of sp³-hybridized carbons (Fsp3) is 0.125. The van der Waals surface area contributed by atoms with E-state index in [4.69, 9.17) is 23.2 Å². The topological polar surface area (TPSA) is 4.93 Å². The van der Waals surface area contributed by atoms with Crippen LogP contribution in [0.25, 0.3) is 10.9 Å². The van der Waals surface area contributed by atoms with Crippen molar-refractivity contribution in [2.45, 2.75) is 13.5 Å². The standard InChI is InChI=1S/C16H13Cl2N/c1-11-9-12-5-2-3-8-16(12)19(11)10-13-14(17)6-4-7-15(13)18/h2-9H,10H2,1H3. The Bertz CT molecular complexity index is 723. The number of rotatable bonds is 2. The summed E-state index contributed by atoms with van der Waals surface area (Å²) >= 11 is 12.5. The molecule has 0 spiro atoms. The van der Waals surface area contributed by atoms with Crippen molar-refractivity contribution in [2.75, 3.05) is 0 Å². The summed E-state index contributed by atoms with van der Waals surface area (Å²) in [6, 6.07) is 16.1. The number of benzene rings is 2. The van der Waals surface area contributed by atoms with Gasteiger partial charge in [0.1, 0.15) is 0 Å². The summed E-state index contributed by atoms with van der Waals surface area (Å²) in [5.41, 5.74) is 3.38. The number of fused-ring (bicyclic) bond motifs is 1. The molecule has 19 heavy (non-hydrogen) atoms. The number of hydrogen-bond acceptors (Lipinski definition) is 0. The number of hydrogen-bond donors (Lipinski definition) is 0. The number of para-hydroxylation sites is 1. The molecular formula is C16H13Cl2N. The number of aryl methyl sites for hydroxylation is 1. The van der Waals surface area contributed by atoms with Crippen molar-refractivity contribution in [1.82, 2.24) is 4.57 Å². The van der Waals surface area contributed by atoms with Gasteiger partial charge in [0.05, 0.1) is 6.54 Å². The Balaban J connectivity index is 2.13. The van der Waals surface area contributed by atoms with Gasteiger partial charge in [0.25, 0.3) is 0 Å². The van der Waals surface area contributed by atoms with Crippen molar-refractivity contribution in [3.63, 3.8) is 0 Å². The van der Waals surface area contributed by atoms with Gasteiger partial charge in [0.15, 0.2) is 0 Å². The van der Waals surface area contributed by atoms with Gasteiger partial charge in [0, 0.05) is 26.8 Å². The molecule has 0 aliphatic carbocycles. The third-order valence-corrected chi connectivity index (χ3v) is 4.10. The van der Waals surface area contributed by atoms with E-state index in [9.17, 15) is 0 Å². The molecule has 0 saturated heterocycles. The number of halogens is 2. The SMILES string of the molecule is Cc1cc2ccccc2n1Cc1c(Cl)cccc1Cl. The van der Waals surface area contributed by atoms with E-state index in [2.05, 4.69) is 35.8 Å². The Hall–Kier alpha value is -1.44. The summed E-state index contributed by atoms with van der Waals surface area (Å²) in [4.78, 5) is 0. The monoisotopic (exact) mass is 289 g/mol.